The van der Waals surface area contributed by atoms with Crippen molar-refractivity contribution in [1.82, 2.24) is 29.6 Å². The Labute approximate surface area is 203 Å². The van der Waals surface area contributed by atoms with Gasteiger partial charge < -0.3 is 9.88 Å². The van der Waals surface area contributed by atoms with E-state index in [0.29, 0.717) is 17.1 Å². The van der Waals surface area contributed by atoms with E-state index in [2.05, 4.69) is 20.5 Å². The number of carbonyl (C=O) groups is 1. The molecule has 0 saturated heterocycles. The summed E-state index contributed by atoms with van der Waals surface area (Å²) in [6.07, 6.45) is 1.75. The molecular formula is C24H21FN6OS2. The molecule has 7 nitrogen and oxygen atoms in total. The Kier molecular flexibility index (Phi) is 6.08. The number of carbonyl (C=O) groups excluding carboxylic acids is 1. The number of thiophene rings is 1. The summed E-state index contributed by atoms with van der Waals surface area (Å²) in [4.78, 5) is 18.8. The molecule has 0 aliphatic heterocycles. The molecule has 34 heavy (non-hydrogen) atoms. The standard InChI is InChI=1S/C24H21FN6OS2/c1-15(31-22(28-29-24(31)33)21-7-4-12-34-21)23(32)27-19(16-8-10-17(25)11-9-16)13-30-14-26-18-5-2-3-6-20(18)30/h2-12,14-15,19H,13H2,1H3,(H,27,32)(H,29,33). The van der Waals surface area contributed by atoms with Gasteiger partial charge in [-0.3, -0.25) is 14.5 Å². The Morgan fingerprint density at radius 2 is 1.97 bits per heavy atom. The second-order valence-corrected chi connectivity index (χ2v) is 9.21. The lowest BCUT2D eigenvalue weighted by molar-refractivity contribution is -0.124. The van der Waals surface area contributed by atoms with Crippen molar-refractivity contribution in [1.29, 1.82) is 0 Å². The van der Waals surface area contributed by atoms with Crippen LogP contribution >= 0.6 is 23.6 Å². The Morgan fingerprint density at radius 3 is 2.74 bits per heavy atom. The number of hydrogen-bond donors (Lipinski definition) is 2. The highest BCUT2D eigenvalue weighted by atomic mass is 32.1. The predicted molar refractivity (Wildman–Crippen MR) is 132 cm³/mol. The van der Waals surface area contributed by atoms with Crippen molar-refractivity contribution in [3.63, 3.8) is 0 Å². The fraction of sp³-hybridized carbons (Fsp3) is 0.167. The van der Waals surface area contributed by atoms with Crippen LogP contribution in [0.15, 0.2) is 72.4 Å². The van der Waals surface area contributed by atoms with Crippen LogP contribution in [0.2, 0.25) is 0 Å². The molecule has 1 amide bonds. The zero-order chi connectivity index (χ0) is 23.7. The smallest absolute Gasteiger partial charge is 0.243 e. The summed E-state index contributed by atoms with van der Waals surface area (Å²) in [5.74, 6) is 0.0520. The van der Waals surface area contributed by atoms with Crippen LogP contribution in [0.1, 0.15) is 24.6 Å². The van der Waals surface area contributed by atoms with Crippen LogP contribution in [0.25, 0.3) is 21.7 Å². The molecule has 0 radical (unpaired) electrons. The van der Waals surface area contributed by atoms with Gasteiger partial charge in [0.2, 0.25) is 5.91 Å². The van der Waals surface area contributed by atoms with Gasteiger partial charge >= 0.3 is 0 Å². The molecule has 0 saturated carbocycles. The normalized spacial score (nSPS) is 13.1. The van der Waals surface area contributed by atoms with Gasteiger partial charge in [0.05, 0.1) is 28.3 Å². The largest absolute Gasteiger partial charge is 0.346 e. The number of fused-ring (bicyclic) bond motifs is 1. The van der Waals surface area contributed by atoms with E-state index in [1.165, 1.54) is 23.5 Å². The maximum Gasteiger partial charge on any atom is 0.243 e. The molecular weight excluding hydrogens is 471 g/mol. The van der Waals surface area contributed by atoms with Crippen molar-refractivity contribution in [3.05, 3.63) is 88.5 Å². The van der Waals surface area contributed by atoms with Crippen LogP contribution in [-0.4, -0.2) is 30.2 Å². The third-order valence-corrected chi connectivity index (χ3v) is 6.86. The lowest BCUT2D eigenvalue weighted by Crippen LogP contribution is -2.36. The fourth-order valence-electron chi connectivity index (χ4n) is 3.94. The van der Waals surface area contributed by atoms with Crippen LogP contribution in [0.3, 0.4) is 0 Å². The number of amides is 1. The van der Waals surface area contributed by atoms with Gasteiger partial charge in [-0.1, -0.05) is 30.3 Å². The van der Waals surface area contributed by atoms with E-state index in [-0.39, 0.29) is 11.7 Å². The second-order valence-electron chi connectivity index (χ2n) is 7.87. The summed E-state index contributed by atoms with van der Waals surface area (Å²) in [7, 11) is 0. The highest BCUT2D eigenvalue weighted by Gasteiger charge is 2.25. The number of halogens is 1. The Hall–Kier alpha value is -3.63. The van der Waals surface area contributed by atoms with Gasteiger partial charge in [0.15, 0.2) is 10.6 Å². The minimum atomic E-state index is -0.620. The fourth-order valence-corrected chi connectivity index (χ4v) is 4.94. The molecule has 2 unspecified atom stereocenters. The van der Waals surface area contributed by atoms with Gasteiger partial charge in [0.25, 0.3) is 0 Å². The highest BCUT2D eigenvalue weighted by molar-refractivity contribution is 7.71. The summed E-state index contributed by atoms with van der Waals surface area (Å²) >= 11 is 6.95. The monoisotopic (exact) mass is 492 g/mol. The van der Waals surface area contributed by atoms with E-state index in [4.69, 9.17) is 12.2 Å². The van der Waals surface area contributed by atoms with Gasteiger partial charge in [-0.25, -0.2) is 9.37 Å². The van der Waals surface area contributed by atoms with Crippen LogP contribution in [0, 0.1) is 10.6 Å². The number of H-pyrrole nitrogens is 1. The maximum atomic E-state index is 13.6. The topological polar surface area (TPSA) is 80.5 Å². The zero-order valence-electron chi connectivity index (χ0n) is 18.2. The molecule has 5 rings (SSSR count). The first-order valence-electron chi connectivity index (χ1n) is 10.7. The summed E-state index contributed by atoms with van der Waals surface area (Å²) in [6.45, 7) is 2.21. The van der Waals surface area contributed by atoms with E-state index in [1.54, 1.807) is 30.0 Å². The number of nitrogens with one attached hydrogen (secondary N) is 2. The molecule has 0 bridgehead atoms. The Balaban J connectivity index is 1.46. The zero-order valence-corrected chi connectivity index (χ0v) is 19.8. The summed E-state index contributed by atoms with van der Waals surface area (Å²) in [6, 6.07) is 16.8. The Morgan fingerprint density at radius 1 is 1.18 bits per heavy atom. The van der Waals surface area contributed by atoms with E-state index in [9.17, 15) is 9.18 Å². The number of imidazole rings is 1. The molecule has 3 heterocycles. The highest BCUT2D eigenvalue weighted by Crippen LogP contribution is 2.26. The van der Waals surface area contributed by atoms with Crippen molar-refractivity contribution in [2.75, 3.05) is 0 Å². The first-order valence-corrected chi connectivity index (χ1v) is 12.0. The van der Waals surface area contributed by atoms with E-state index in [1.807, 2.05) is 46.3 Å². The number of aromatic amines is 1. The lowest BCUT2D eigenvalue weighted by atomic mass is 10.1. The van der Waals surface area contributed by atoms with Crippen LogP contribution in [-0.2, 0) is 11.3 Å². The average molecular weight is 493 g/mol. The molecule has 0 spiro atoms. The second kappa shape index (κ2) is 9.32. The molecule has 0 fully saturated rings. The molecule has 172 valence electrons. The number of nitrogens with zero attached hydrogens (tertiary/aromatic N) is 4. The molecule has 0 aliphatic carbocycles. The minimum absolute atomic E-state index is 0.228. The van der Waals surface area contributed by atoms with Crippen molar-refractivity contribution in [3.8, 4) is 10.7 Å². The SMILES string of the molecule is CC(C(=O)NC(Cn1cnc2ccccc21)c1ccc(F)cc1)n1c(-c2cccs2)n[nH]c1=S. The summed E-state index contributed by atoms with van der Waals surface area (Å²) in [5, 5.41) is 12.2. The Bertz CT molecular complexity index is 1490. The molecule has 10 heteroatoms. The molecule has 2 atom stereocenters. The van der Waals surface area contributed by atoms with Crippen molar-refractivity contribution < 1.29 is 9.18 Å². The van der Waals surface area contributed by atoms with Crippen molar-refractivity contribution in [2.24, 2.45) is 0 Å². The van der Waals surface area contributed by atoms with Gasteiger partial charge in [-0.15, -0.1) is 11.3 Å². The third-order valence-electron chi connectivity index (χ3n) is 5.71. The van der Waals surface area contributed by atoms with Crippen LogP contribution < -0.4 is 5.32 Å². The first-order chi connectivity index (χ1) is 16.5. The molecule has 2 N–H and O–H groups in total. The summed E-state index contributed by atoms with van der Waals surface area (Å²) in [5.41, 5.74) is 2.60. The quantitative estimate of drug-likeness (QED) is 0.303. The van der Waals surface area contributed by atoms with Crippen molar-refractivity contribution >= 4 is 40.5 Å². The number of hydrogen-bond acceptors (Lipinski definition) is 5. The van der Waals surface area contributed by atoms with Gasteiger partial charge in [-0.05, 0) is 60.4 Å². The number of para-hydroxylation sites is 2. The van der Waals surface area contributed by atoms with Gasteiger partial charge in [0.1, 0.15) is 11.9 Å². The average Bonchev–Trinajstić information content (AvgIpc) is 3.59. The van der Waals surface area contributed by atoms with E-state index in [0.717, 1.165) is 21.5 Å². The van der Waals surface area contributed by atoms with E-state index < -0.39 is 12.1 Å². The lowest BCUT2D eigenvalue weighted by Gasteiger charge is -2.23. The van der Waals surface area contributed by atoms with Gasteiger partial charge in [0, 0.05) is 6.54 Å². The number of aromatic nitrogens is 5. The maximum absolute atomic E-state index is 13.6. The van der Waals surface area contributed by atoms with Crippen LogP contribution in [0.4, 0.5) is 4.39 Å². The molecule has 5 aromatic rings. The molecule has 3 aromatic heterocycles. The van der Waals surface area contributed by atoms with Crippen LogP contribution in [0.5, 0.6) is 0 Å². The van der Waals surface area contributed by atoms with E-state index >= 15 is 0 Å². The summed E-state index contributed by atoms with van der Waals surface area (Å²) < 4.78 is 17.7. The molecule has 0 aliphatic rings. The molecule has 2 aromatic carbocycles. The van der Waals surface area contributed by atoms with Crippen molar-refractivity contribution in [2.45, 2.75) is 25.6 Å². The number of benzene rings is 2. The number of rotatable bonds is 7. The first kappa shape index (κ1) is 22.2. The van der Waals surface area contributed by atoms with Gasteiger partial charge in [-0.2, -0.15) is 5.10 Å². The predicted octanol–water partition coefficient (Wildman–Crippen LogP) is 5.28. The minimum Gasteiger partial charge on any atom is -0.346 e. The third kappa shape index (κ3) is 4.29.